The molecule has 1 atom stereocenters. The fourth-order valence-corrected chi connectivity index (χ4v) is 4.30. The molecule has 24 heavy (non-hydrogen) atoms. The third-order valence-corrected chi connectivity index (χ3v) is 5.56. The maximum Gasteiger partial charge on any atom is 0.230 e. The molecule has 8 heteroatoms. The van der Waals surface area contributed by atoms with E-state index < -0.39 is 0 Å². The second-order valence-electron chi connectivity index (χ2n) is 6.05. The molecule has 4 rings (SSSR count). The highest BCUT2D eigenvalue weighted by atomic mass is 32.1. The molecule has 0 aliphatic carbocycles. The van der Waals surface area contributed by atoms with E-state index in [1.807, 2.05) is 19.1 Å². The Kier molecular flexibility index (Phi) is 4.03. The van der Waals surface area contributed by atoms with Crippen molar-refractivity contribution in [3.05, 3.63) is 34.9 Å². The molecule has 0 saturated carbocycles. The summed E-state index contributed by atoms with van der Waals surface area (Å²) in [5, 5.41) is 24.8. The number of aromatic hydroxyl groups is 1. The van der Waals surface area contributed by atoms with Crippen LogP contribution in [0.2, 0.25) is 0 Å². The van der Waals surface area contributed by atoms with Gasteiger partial charge in [0.2, 0.25) is 10.8 Å². The van der Waals surface area contributed by atoms with Gasteiger partial charge in [0.15, 0.2) is 5.82 Å². The van der Waals surface area contributed by atoms with Gasteiger partial charge in [0.05, 0.1) is 17.2 Å². The number of aliphatic hydroxyl groups excluding tert-OH is 1. The van der Waals surface area contributed by atoms with Crippen LogP contribution in [0.5, 0.6) is 5.88 Å². The van der Waals surface area contributed by atoms with Gasteiger partial charge in [0, 0.05) is 19.5 Å². The van der Waals surface area contributed by atoms with Gasteiger partial charge in [-0.05, 0) is 25.0 Å². The molecule has 0 bridgehead atoms. The van der Waals surface area contributed by atoms with Crippen molar-refractivity contribution >= 4 is 16.3 Å². The molecule has 128 valence electrons. The summed E-state index contributed by atoms with van der Waals surface area (Å²) in [4.78, 5) is 8.15. The van der Waals surface area contributed by atoms with E-state index in [1.54, 1.807) is 6.26 Å². The van der Waals surface area contributed by atoms with Crippen molar-refractivity contribution in [3.63, 3.8) is 0 Å². The normalized spacial score (nSPS) is 18.4. The molecule has 0 spiro atoms. The predicted octanol–water partition coefficient (Wildman–Crippen LogP) is 2.20. The molecule has 0 aromatic carbocycles. The van der Waals surface area contributed by atoms with Crippen LogP contribution in [0, 0.1) is 0 Å². The molecule has 1 aliphatic heterocycles. The molecule has 4 heterocycles. The first-order valence-electron chi connectivity index (χ1n) is 8.20. The molecule has 1 fully saturated rings. The van der Waals surface area contributed by atoms with Crippen LogP contribution < -0.4 is 0 Å². The number of aromatic nitrogens is 3. The summed E-state index contributed by atoms with van der Waals surface area (Å²) in [5.74, 6) is 1.62. The number of piperidine rings is 1. The lowest BCUT2D eigenvalue weighted by molar-refractivity contribution is 0.0644. The van der Waals surface area contributed by atoms with Crippen molar-refractivity contribution in [2.75, 3.05) is 13.1 Å². The molecule has 3 aromatic rings. The molecule has 3 aromatic heterocycles. The number of nitrogens with zero attached hydrogens (tertiary/aromatic N) is 4. The monoisotopic (exact) mass is 348 g/mol. The smallest absolute Gasteiger partial charge is 0.230 e. The van der Waals surface area contributed by atoms with Crippen molar-refractivity contribution in [2.24, 2.45) is 0 Å². The summed E-state index contributed by atoms with van der Waals surface area (Å²) in [6.45, 7) is 3.49. The Bertz CT molecular complexity index is 818. The van der Waals surface area contributed by atoms with Crippen molar-refractivity contribution in [3.8, 4) is 5.88 Å². The van der Waals surface area contributed by atoms with Gasteiger partial charge in [-0.2, -0.15) is 4.52 Å². The molecule has 1 aliphatic rings. The highest BCUT2D eigenvalue weighted by molar-refractivity contribution is 7.17. The number of hydrogen-bond acceptors (Lipinski definition) is 7. The lowest BCUT2D eigenvalue weighted by Crippen LogP contribution is -2.38. The Morgan fingerprint density at radius 1 is 1.42 bits per heavy atom. The van der Waals surface area contributed by atoms with Gasteiger partial charge in [-0.3, -0.25) is 4.90 Å². The molecule has 0 amide bonds. The molecule has 1 saturated heterocycles. The summed E-state index contributed by atoms with van der Waals surface area (Å²) in [6, 6.07) is 3.58. The van der Waals surface area contributed by atoms with Crippen molar-refractivity contribution < 1.29 is 14.6 Å². The molecule has 0 radical (unpaired) electrons. The molecular formula is C16H20N4O3S. The Labute approximate surface area is 143 Å². The van der Waals surface area contributed by atoms with Gasteiger partial charge >= 0.3 is 0 Å². The highest BCUT2D eigenvalue weighted by Gasteiger charge is 2.33. The van der Waals surface area contributed by atoms with Crippen molar-refractivity contribution in [1.29, 1.82) is 0 Å². The highest BCUT2D eigenvalue weighted by Crippen LogP contribution is 2.40. The molecular weight excluding hydrogens is 328 g/mol. The minimum atomic E-state index is -0.249. The molecule has 7 nitrogen and oxygen atoms in total. The Hall–Kier alpha value is -1.90. The number of aliphatic hydroxyl groups is 1. The van der Waals surface area contributed by atoms with Crippen LogP contribution in [0.15, 0.2) is 22.8 Å². The first kappa shape index (κ1) is 15.6. The predicted molar refractivity (Wildman–Crippen MR) is 89.3 cm³/mol. The number of likely N-dealkylation sites (tertiary alicyclic amines) is 1. The second-order valence-corrected chi connectivity index (χ2v) is 7.06. The summed E-state index contributed by atoms with van der Waals surface area (Å²) < 4.78 is 7.15. The van der Waals surface area contributed by atoms with E-state index in [0.717, 1.165) is 48.8 Å². The topological polar surface area (TPSA) is 87.0 Å². The second kappa shape index (κ2) is 6.19. The zero-order valence-electron chi connectivity index (χ0n) is 13.4. The summed E-state index contributed by atoms with van der Waals surface area (Å²) >= 11 is 1.44. The lowest BCUT2D eigenvalue weighted by Gasteiger charge is -2.34. The number of furan rings is 1. The Morgan fingerprint density at radius 3 is 2.83 bits per heavy atom. The van der Waals surface area contributed by atoms with E-state index in [0.29, 0.717) is 4.96 Å². The van der Waals surface area contributed by atoms with Crippen LogP contribution in [0.25, 0.3) is 4.96 Å². The van der Waals surface area contributed by atoms with Gasteiger partial charge in [-0.1, -0.05) is 18.3 Å². The van der Waals surface area contributed by atoms with Crippen molar-refractivity contribution in [2.45, 2.75) is 38.3 Å². The van der Waals surface area contributed by atoms with E-state index in [1.165, 1.54) is 15.9 Å². The number of rotatable bonds is 4. The first-order chi connectivity index (χ1) is 11.7. The molecule has 1 unspecified atom stereocenters. The van der Waals surface area contributed by atoms with Gasteiger partial charge in [-0.25, -0.2) is 4.98 Å². The maximum atomic E-state index is 10.7. The largest absolute Gasteiger partial charge is 0.492 e. The van der Waals surface area contributed by atoms with Crippen LogP contribution in [-0.4, -0.2) is 48.9 Å². The van der Waals surface area contributed by atoms with Crippen LogP contribution in [0.4, 0.5) is 0 Å². The Balaban J connectivity index is 1.76. The van der Waals surface area contributed by atoms with Gasteiger partial charge in [0.25, 0.3) is 0 Å². The van der Waals surface area contributed by atoms with E-state index in [2.05, 4.69) is 15.0 Å². The average molecular weight is 348 g/mol. The lowest BCUT2D eigenvalue weighted by atomic mass is 10.0. The number of hydrogen-bond donors (Lipinski definition) is 2. The summed E-state index contributed by atoms with van der Waals surface area (Å²) in [5.41, 5.74) is 0. The maximum absolute atomic E-state index is 10.7. The van der Waals surface area contributed by atoms with E-state index in [9.17, 15) is 10.2 Å². The minimum Gasteiger partial charge on any atom is -0.492 e. The zero-order valence-corrected chi connectivity index (χ0v) is 14.2. The fourth-order valence-electron chi connectivity index (χ4n) is 3.18. The number of thiazole rings is 1. The van der Waals surface area contributed by atoms with Crippen molar-refractivity contribution in [1.82, 2.24) is 19.5 Å². The average Bonchev–Trinajstić information content (AvgIpc) is 3.29. The van der Waals surface area contributed by atoms with E-state index in [4.69, 9.17) is 4.42 Å². The summed E-state index contributed by atoms with van der Waals surface area (Å²) in [6.07, 6.45) is 3.57. The summed E-state index contributed by atoms with van der Waals surface area (Å²) in [7, 11) is 0. The quantitative estimate of drug-likeness (QED) is 0.752. The SMILES string of the molecule is CCc1nc2sc(C(c3ccco3)N3CCC(O)CC3)c(O)n2n1. The third kappa shape index (κ3) is 2.60. The van der Waals surface area contributed by atoms with E-state index >= 15 is 0 Å². The van der Waals surface area contributed by atoms with Crippen LogP contribution in [-0.2, 0) is 6.42 Å². The van der Waals surface area contributed by atoms with Gasteiger partial charge in [-0.15, -0.1) is 5.10 Å². The van der Waals surface area contributed by atoms with Gasteiger partial charge < -0.3 is 14.6 Å². The van der Waals surface area contributed by atoms with Crippen LogP contribution in [0.3, 0.4) is 0 Å². The van der Waals surface area contributed by atoms with Crippen LogP contribution >= 0.6 is 11.3 Å². The standard InChI is InChI=1S/C16H20N4O3S/c1-2-12-17-16-20(18-12)15(22)14(24-16)13(11-4-3-9-23-11)19-7-5-10(21)6-8-19/h3-4,9-10,13,21-22H,2,5-8H2,1H3. The van der Waals surface area contributed by atoms with Gasteiger partial charge in [0.1, 0.15) is 11.8 Å². The molecule has 2 N–H and O–H groups in total. The van der Waals surface area contributed by atoms with E-state index in [-0.39, 0.29) is 18.0 Å². The van der Waals surface area contributed by atoms with Crippen LogP contribution in [0.1, 0.15) is 42.3 Å². The zero-order chi connectivity index (χ0) is 16.7. The number of fused-ring (bicyclic) bond motifs is 1. The minimum absolute atomic E-state index is 0.120. The fraction of sp³-hybridized carbons (Fsp3) is 0.500. The number of aryl methyl sites for hydroxylation is 1. The Morgan fingerprint density at radius 2 is 2.21 bits per heavy atom. The first-order valence-corrected chi connectivity index (χ1v) is 9.01. The third-order valence-electron chi connectivity index (χ3n) is 4.49.